The molecule has 0 aliphatic heterocycles. The molecule has 0 atom stereocenters. The van der Waals surface area contributed by atoms with Gasteiger partial charge in [-0.15, -0.1) is 0 Å². The number of rotatable bonds is 8. The smallest absolute Gasteiger partial charge is 0.269 e. The number of aryl methyl sites for hydroxylation is 2. The molecule has 7 nitrogen and oxygen atoms in total. The maximum Gasteiger partial charge on any atom is 0.269 e. The Morgan fingerprint density at radius 1 is 1.18 bits per heavy atom. The van der Waals surface area contributed by atoms with Gasteiger partial charge in [-0.05, 0) is 37.6 Å². The van der Waals surface area contributed by atoms with Gasteiger partial charge in [0, 0.05) is 25.4 Å². The molecule has 3 aromatic rings. The van der Waals surface area contributed by atoms with Crippen LogP contribution < -0.4 is 14.8 Å². The summed E-state index contributed by atoms with van der Waals surface area (Å²) < 4.78 is 13.3. The van der Waals surface area contributed by atoms with E-state index in [1.165, 1.54) is 0 Å². The highest BCUT2D eigenvalue weighted by molar-refractivity contribution is 5.92. The summed E-state index contributed by atoms with van der Waals surface area (Å²) in [5, 5.41) is 7.09. The number of hydrogen-bond acceptors (Lipinski definition) is 5. The molecule has 1 N–H and O–H groups in total. The molecule has 0 saturated heterocycles. The molecule has 2 aromatic heterocycles. The molecule has 0 bridgehead atoms. The number of pyridine rings is 1. The largest absolute Gasteiger partial charge is 0.490 e. The van der Waals surface area contributed by atoms with Gasteiger partial charge < -0.3 is 14.8 Å². The van der Waals surface area contributed by atoms with E-state index in [9.17, 15) is 4.79 Å². The van der Waals surface area contributed by atoms with Gasteiger partial charge in [0.2, 0.25) is 5.88 Å². The third-order valence-corrected chi connectivity index (χ3v) is 4.04. The van der Waals surface area contributed by atoms with Crippen LogP contribution in [0.3, 0.4) is 0 Å². The molecule has 0 saturated carbocycles. The van der Waals surface area contributed by atoms with E-state index in [-0.39, 0.29) is 12.5 Å². The van der Waals surface area contributed by atoms with Gasteiger partial charge in [-0.2, -0.15) is 5.10 Å². The zero-order chi connectivity index (χ0) is 19.9. The fourth-order valence-electron chi connectivity index (χ4n) is 2.71. The minimum Gasteiger partial charge on any atom is -0.490 e. The van der Waals surface area contributed by atoms with Crippen molar-refractivity contribution in [1.29, 1.82) is 0 Å². The fraction of sp³-hybridized carbons (Fsp3) is 0.286. The lowest BCUT2D eigenvalue weighted by molar-refractivity contribution is 0.0941. The van der Waals surface area contributed by atoms with Crippen molar-refractivity contribution in [1.82, 2.24) is 20.1 Å². The number of amides is 1. The third-order valence-electron chi connectivity index (χ3n) is 4.04. The average Bonchev–Trinajstić information content (AvgIpc) is 3.04. The van der Waals surface area contributed by atoms with E-state index in [4.69, 9.17) is 9.47 Å². The number of para-hydroxylation sites is 2. The van der Waals surface area contributed by atoms with Gasteiger partial charge in [-0.3, -0.25) is 9.48 Å². The first-order valence-corrected chi connectivity index (χ1v) is 9.21. The second-order valence-electron chi connectivity index (χ2n) is 6.34. The van der Waals surface area contributed by atoms with Gasteiger partial charge in [0.15, 0.2) is 11.5 Å². The Kier molecular flexibility index (Phi) is 6.26. The van der Waals surface area contributed by atoms with Crippen molar-refractivity contribution in [2.45, 2.75) is 26.8 Å². The number of hydrogen-bond donors (Lipinski definition) is 1. The lowest BCUT2D eigenvalue weighted by Crippen LogP contribution is -2.25. The lowest BCUT2D eigenvalue weighted by Gasteiger charge is -2.14. The van der Waals surface area contributed by atoms with Crippen LogP contribution in [0.2, 0.25) is 0 Å². The van der Waals surface area contributed by atoms with E-state index in [0.29, 0.717) is 29.7 Å². The van der Waals surface area contributed by atoms with Gasteiger partial charge in [0.1, 0.15) is 5.69 Å². The highest BCUT2D eigenvalue weighted by Gasteiger charge is 2.14. The molecule has 3 rings (SSSR count). The van der Waals surface area contributed by atoms with E-state index in [1.807, 2.05) is 50.2 Å². The first kappa shape index (κ1) is 19.4. The molecule has 0 aliphatic carbocycles. The van der Waals surface area contributed by atoms with E-state index < -0.39 is 0 Å². The predicted molar refractivity (Wildman–Crippen MR) is 106 cm³/mol. The molecule has 1 aromatic carbocycles. The van der Waals surface area contributed by atoms with Crippen LogP contribution in [0.25, 0.3) is 0 Å². The summed E-state index contributed by atoms with van der Waals surface area (Å²) >= 11 is 0. The van der Waals surface area contributed by atoms with Crippen LogP contribution in [-0.4, -0.2) is 27.3 Å². The number of carbonyl (C=O) groups is 1. The molecule has 28 heavy (non-hydrogen) atoms. The Balaban J connectivity index is 1.73. The Bertz CT molecular complexity index is 952. The highest BCUT2D eigenvalue weighted by atomic mass is 16.5. The van der Waals surface area contributed by atoms with Crippen LogP contribution in [0.4, 0.5) is 0 Å². The SMILES string of the molecule is CCCOc1ccccc1Oc1ncccc1CNC(=O)c1cc(C)nn1C. The fourth-order valence-corrected chi connectivity index (χ4v) is 2.71. The Labute approximate surface area is 164 Å². The summed E-state index contributed by atoms with van der Waals surface area (Å²) in [7, 11) is 1.74. The molecule has 0 unspecified atom stereocenters. The molecular weight excluding hydrogens is 356 g/mol. The van der Waals surface area contributed by atoms with Crippen molar-refractivity contribution in [3.05, 3.63) is 65.6 Å². The third kappa shape index (κ3) is 4.68. The van der Waals surface area contributed by atoms with Crippen molar-refractivity contribution >= 4 is 5.91 Å². The summed E-state index contributed by atoms with van der Waals surface area (Å²) in [6.45, 7) is 4.79. The van der Waals surface area contributed by atoms with Crippen LogP contribution in [0.15, 0.2) is 48.7 Å². The molecule has 7 heteroatoms. The van der Waals surface area contributed by atoms with Crippen LogP contribution in [0.1, 0.15) is 35.1 Å². The van der Waals surface area contributed by atoms with Crippen LogP contribution >= 0.6 is 0 Å². The maximum absolute atomic E-state index is 12.4. The first-order valence-electron chi connectivity index (χ1n) is 9.21. The van der Waals surface area contributed by atoms with Crippen molar-refractivity contribution in [2.75, 3.05) is 6.61 Å². The summed E-state index contributed by atoms with van der Waals surface area (Å²) in [6.07, 6.45) is 2.56. The van der Waals surface area contributed by atoms with Crippen LogP contribution in [0.5, 0.6) is 17.4 Å². The number of carbonyl (C=O) groups excluding carboxylic acids is 1. The Hall–Kier alpha value is -3.35. The van der Waals surface area contributed by atoms with E-state index in [2.05, 4.69) is 15.4 Å². The summed E-state index contributed by atoms with van der Waals surface area (Å²) in [4.78, 5) is 16.8. The van der Waals surface area contributed by atoms with Crippen molar-refractivity contribution in [3.63, 3.8) is 0 Å². The highest BCUT2D eigenvalue weighted by Crippen LogP contribution is 2.31. The summed E-state index contributed by atoms with van der Waals surface area (Å²) in [5.74, 6) is 1.47. The van der Waals surface area contributed by atoms with Gasteiger partial charge in [-0.1, -0.05) is 25.1 Å². The normalized spacial score (nSPS) is 10.5. The Morgan fingerprint density at radius 3 is 2.68 bits per heavy atom. The standard InChI is InChI=1S/C21H24N4O3/c1-4-12-27-18-9-5-6-10-19(18)28-21-16(8-7-11-22-21)14-23-20(26)17-13-15(2)24-25(17)3/h5-11,13H,4,12,14H2,1-3H3,(H,23,26). The second-order valence-corrected chi connectivity index (χ2v) is 6.34. The van der Waals surface area contributed by atoms with Crippen LogP contribution in [-0.2, 0) is 13.6 Å². The first-order chi connectivity index (χ1) is 13.6. The van der Waals surface area contributed by atoms with Gasteiger partial charge in [0.05, 0.1) is 12.3 Å². The van der Waals surface area contributed by atoms with E-state index in [0.717, 1.165) is 17.7 Å². The van der Waals surface area contributed by atoms with Gasteiger partial charge in [-0.25, -0.2) is 4.98 Å². The summed E-state index contributed by atoms with van der Waals surface area (Å²) in [5.41, 5.74) is 2.06. The van der Waals surface area contributed by atoms with E-state index >= 15 is 0 Å². The van der Waals surface area contributed by atoms with E-state index in [1.54, 1.807) is 24.0 Å². The van der Waals surface area contributed by atoms with Crippen molar-refractivity contribution in [2.24, 2.45) is 7.05 Å². The molecule has 146 valence electrons. The molecule has 2 heterocycles. The maximum atomic E-state index is 12.4. The minimum absolute atomic E-state index is 0.204. The number of nitrogens with zero attached hydrogens (tertiary/aromatic N) is 3. The average molecular weight is 380 g/mol. The zero-order valence-corrected chi connectivity index (χ0v) is 16.3. The monoisotopic (exact) mass is 380 g/mol. The van der Waals surface area contributed by atoms with Crippen LogP contribution in [0, 0.1) is 6.92 Å². The lowest BCUT2D eigenvalue weighted by atomic mass is 10.2. The number of aromatic nitrogens is 3. The second kappa shape index (κ2) is 9.03. The predicted octanol–water partition coefficient (Wildman–Crippen LogP) is 3.63. The molecule has 0 radical (unpaired) electrons. The Morgan fingerprint density at radius 2 is 1.96 bits per heavy atom. The van der Waals surface area contributed by atoms with Gasteiger partial charge in [0.25, 0.3) is 5.91 Å². The summed E-state index contributed by atoms with van der Waals surface area (Å²) in [6, 6.07) is 12.9. The molecule has 1 amide bonds. The molecule has 0 fully saturated rings. The number of ether oxygens (including phenoxy) is 2. The molecule has 0 aliphatic rings. The minimum atomic E-state index is -0.204. The van der Waals surface area contributed by atoms with Crippen molar-refractivity contribution in [3.8, 4) is 17.4 Å². The van der Waals surface area contributed by atoms with Crippen molar-refractivity contribution < 1.29 is 14.3 Å². The van der Waals surface area contributed by atoms with Gasteiger partial charge >= 0.3 is 0 Å². The quantitative estimate of drug-likeness (QED) is 0.646. The number of benzene rings is 1. The number of nitrogens with one attached hydrogen (secondary N) is 1. The topological polar surface area (TPSA) is 78.3 Å². The zero-order valence-electron chi connectivity index (χ0n) is 16.3. The molecular formula is C21H24N4O3. The molecule has 0 spiro atoms.